The van der Waals surface area contributed by atoms with Crippen molar-refractivity contribution in [3.05, 3.63) is 76.8 Å². The van der Waals surface area contributed by atoms with Crippen molar-refractivity contribution in [1.29, 1.82) is 0 Å². The Balaban J connectivity index is 2.02. The second kappa shape index (κ2) is 7.99. The maximum atomic E-state index is 12.1. The molecule has 2 rings (SSSR count). The highest BCUT2D eigenvalue weighted by atomic mass is 35.5. The first-order chi connectivity index (χ1) is 11.8. The van der Waals surface area contributed by atoms with Crippen LogP contribution in [0.15, 0.2) is 60.2 Å². The van der Waals surface area contributed by atoms with Gasteiger partial charge >= 0.3 is 6.03 Å². The average Bonchev–Trinajstić information content (AvgIpc) is 2.56. The third-order valence-corrected chi connectivity index (χ3v) is 4.12. The van der Waals surface area contributed by atoms with Crippen molar-refractivity contribution >= 4 is 29.4 Å². The summed E-state index contributed by atoms with van der Waals surface area (Å²) in [6.45, 7) is 9.78. The van der Waals surface area contributed by atoms with Gasteiger partial charge in [0.25, 0.3) is 0 Å². The summed E-state index contributed by atoms with van der Waals surface area (Å²) in [5.74, 6) is 0. The van der Waals surface area contributed by atoms with E-state index in [2.05, 4.69) is 22.4 Å². The fourth-order valence-corrected chi connectivity index (χ4v) is 2.48. The van der Waals surface area contributed by atoms with Crippen LogP contribution in [0.2, 0.25) is 5.02 Å². The molecular weight excluding hydrogens is 334 g/mol. The molecule has 2 aromatic rings. The first-order valence-electron chi connectivity index (χ1n) is 7.92. The number of nitrogens with zero attached hydrogens (tertiary/aromatic N) is 1. The van der Waals surface area contributed by atoms with Gasteiger partial charge in [0.15, 0.2) is 0 Å². The molecule has 0 atom stereocenters. The van der Waals surface area contributed by atoms with Crippen LogP contribution in [0, 0.1) is 0 Å². The van der Waals surface area contributed by atoms with E-state index in [9.17, 15) is 4.79 Å². The lowest BCUT2D eigenvalue weighted by molar-refractivity contribution is 0.230. The summed E-state index contributed by atoms with van der Waals surface area (Å²) in [5, 5.41) is 7.43. The normalized spacial score (nSPS) is 11.4. The van der Waals surface area contributed by atoms with Crippen molar-refractivity contribution < 1.29 is 4.79 Å². The topological polar surface area (TPSA) is 53.5 Å². The molecule has 0 heterocycles. The van der Waals surface area contributed by atoms with Crippen LogP contribution >= 0.6 is 11.6 Å². The van der Waals surface area contributed by atoms with E-state index in [0.717, 1.165) is 22.3 Å². The van der Waals surface area contributed by atoms with E-state index in [1.54, 1.807) is 6.07 Å². The van der Waals surface area contributed by atoms with E-state index in [1.807, 2.05) is 63.2 Å². The summed E-state index contributed by atoms with van der Waals surface area (Å²) in [6.07, 6.45) is 1.51. The predicted octanol–water partition coefficient (Wildman–Crippen LogP) is 4.94. The molecule has 0 radical (unpaired) electrons. The minimum atomic E-state index is -0.560. The van der Waals surface area contributed by atoms with E-state index in [-0.39, 0.29) is 0 Å². The lowest BCUT2D eigenvalue weighted by Crippen LogP contribution is -2.45. The van der Waals surface area contributed by atoms with Crippen molar-refractivity contribution in [1.82, 2.24) is 10.7 Å². The van der Waals surface area contributed by atoms with Gasteiger partial charge in [-0.05, 0) is 44.0 Å². The number of amides is 2. The highest BCUT2D eigenvalue weighted by Gasteiger charge is 2.23. The molecule has 0 aromatic heterocycles. The van der Waals surface area contributed by atoms with Crippen LogP contribution in [-0.4, -0.2) is 12.2 Å². The van der Waals surface area contributed by atoms with Crippen molar-refractivity contribution in [2.45, 2.75) is 26.3 Å². The Hall–Kier alpha value is -2.59. The van der Waals surface area contributed by atoms with Gasteiger partial charge in [0.2, 0.25) is 0 Å². The number of benzene rings is 2. The van der Waals surface area contributed by atoms with Crippen LogP contribution in [0.5, 0.6) is 0 Å². The Labute approximate surface area is 153 Å². The monoisotopic (exact) mass is 355 g/mol. The SMILES string of the molecule is C=C(C)c1cccc(C(C)(C)NC(=O)NN=Cc2ccccc2Cl)c1. The number of hydrogen-bond acceptors (Lipinski definition) is 2. The molecule has 0 saturated heterocycles. The second-order valence-corrected chi connectivity index (χ2v) is 6.74. The second-order valence-electron chi connectivity index (χ2n) is 6.33. The summed E-state index contributed by atoms with van der Waals surface area (Å²) in [5.41, 5.74) is 5.65. The summed E-state index contributed by atoms with van der Waals surface area (Å²) >= 11 is 6.04. The quantitative estimate of drug-likeness (QED) is 0.579. The molecule has 0 saturated carbocycles. The minimum absolute atomic E-state index is 0.394. The van der Waals surface area contributed by atoms with E-state index < -0.39 is 11.6 Å². The van der Waals surface area contributed by atoms with Crippen LogP contribution in [-0.2, 0) is 5.54 Å². The number of urea groups is 1. The van der Waals surface area contributed by atoms with E-state index in [1.165, 1.54) is 6.21 Å². The van der Waals surface area contributed by atoms with Crippen molar-refractivity contribution in [3.8, 4) is 0 Å². The number of rotatable bonds is 5. The number of carbonyl (C=O) groups is 1. The zero-order chi connectivity index (χ0) is 18.4. The number of halogens is 1. The van der Waals surface area contributed by atoms with Gasteiger partial charge in [0.1, 0.15) is 0 Å². The largest absolute Gasteiger partial charge is 0.335 e. The zero-order valence-corrected chi connectivity index (χ0v) is 15.4. The van der Waals surface area contributed by atoms with Crippen LogP contribution in [0.3, 0.4) is 0 Å². The Morgan fingerprint density at radius 1 is 1.20 bits per heavy atom. The lowest BCUT2D eigenvalue weighted by atomic mass is 9.92. The number of carbonyl (C=O) groups excluding carboxylic acids is 1. The molecular formula is C20H22ClN3O. The van der Waals surface area contributed by atoms with Gasteiger partial charge in [-0.25, -0.2) is 10.2 Å². The fourth-order valence-electron chi connectivity index (χ4n) is 2.30. The fraction of sp³-hybridized carbons (Fsp3) is 0.200. The summed E-state index contributed by atoms with van der Waals surface area (Å²) in [7, 11) is 0. The van der Waals surface area contributed by atoms with E-state index in [0.29, 0.717) is 5.02 Å². The molecule has 2 N–H and O–H groups in total. The molecule has 25 heavy (non-hydrogen) atoms. The van der Waals surface area contributed by atoms with E-state index >= 15 is 0 Å². The highest BCUT2D eigenvalue weighted by Crippen LogP contribution is 2.23. The molecule has 0 fully saturated rings. The lowest BCUT2D eigenvalue weighted by Gasteiger charge is -2.27. The Kier molecular flexibility index (Phi) is 5.99. The average molecular weight is 356 g/mol. The number of hydrogen-bond donors (Lipinski definition) is 2. The molecule has 0 spiro atoms. The molecule has 0 aliphatic heterocycles. The zero-order valence-electron chi connectivity index (χ0n) is 14.6. The summed E-state index contributed by atoms with van der Waals surface area (Å²) in [4.78, 5) is 12.1. The Bertz CT molecular complexity index is 812. The maximum Gasteiger partial charge on any atom is 0.335 e. The molecule has 2 aromatic carbocycles. The van der Waals surface area contributed by atoms with Crippen LogP contribution in [0.25, 0.3) is 5.57 Å². The van der Waals surface area contributed by atoms with Gasteiger partial charge in [-0.3, -0.25) is 0 Å². The third kappa shape index (κ3) is 5.19. The van der Waals surface area contributed by atoms with Crippen molar-refractivity contribution in [3.63, 3.8) is 0 Å². The molecule has 4 nitrogen and oxygen atoms in total. The van der Waals surface area contributed by atoms with Crippen LogP contribution in [0.1, 0.15) is 37.5 Å². The van der Waals surface area contributed by atoms with Gasteiger partial charge < -0.3 is 5.32 Å². The first-order valence-corrected chi connectivity index (χ1v) is 8.29. The van der Waals surface area contributed by atoms with Gasteiger partial charge in [0.05, 0.1) is 11.8 Å². The van der Waals surface area contributed by atoms with Crippen molar-refractivity contribution in [2.24, 2.45) is 5.10 Å². The van der Waals surface area contributed by atoms with Crippen LogP contribution in [0.4, 0.5) is 4.79 Å². The highest BCUT2D eigenvalue weighted by molar-refractivity contribution is 6.33. The summed E-state index contributed by atoms with van der Waals surface area (Å²) < 4.78 is 0. The maximum absolute atomic E-state index is 12.1. The number of hydrazone groups is 1. The minimum Gasteiger partial charge on any atom is -0.328 e. The van der Waals surface area contributed by atoms with E-state index in [4.69, 9.17) is 11.6 Å². The Morgan fingerprint density at radius 2 is 1.92 bits per heavy atom. The van der Waals surface area contributed by atoms with Gasteiger partial charge in [-0.2, -0.15) is 5.10 Å². The molecule has 130 valence electrons. The predicted molar refractivity (Wildman–Crippen MR) is 105 cm³/mol. The third-order valence-electron chi connectivity index (χ3n) is 3.78. The van der Waals surface area contributed by atoms with Gasteiger partial charge in [-0.1, -0.05) is 60.2 Å². The smallest absolute Gasteiger partial charge is 0.328 e. The number of nitrogens with one attached hydrogen (secondary N) is 2. The van der Waals surface area contributed by atoms with Gasteiger partial charge in [-0.15, -0.1) is 0 Å². The molecule has 5 heteroatoms. The molecule has 0 unspecified atom stereocenters. The van der Waals surface area contributed by atoms with Crippen LogP contribution < -0.4 is 10.7 Å². The summed E-state index contributed by atoms with van der Waals surface area (Å²) in [6, 6.07) is 14.8. The molecule has 0 aliphatic carbocycles. The standard InChI is InChI=1S/C20H22ClN3O/c1-14(2)15-9-7-10-17(12-15)20(3,4)23-19(25)24-22-13-16-8-5-6-11-18(16)21/h5-13H,1H2,2-4H3,(H2,23,24,25). The first kappa shape index (κ1) is 18.7. The number of allylic oxidation sites excluding steroid dienone is 1. The van der Waals surface area contributed by atoms with Gasteiger partial charge in [0, 0.05) is 10.6 Å². The molecule has 2 amide bonds. The molecule has 0 aliphatic rings. The molecule has 0 bridgehead atoms. The van der Waals surface area contributed by atoms with Crippen molar-refractivity contribution in [2.75, 3.05) is 0 Å². The Morgan fingerprint density at radius 3 is 2.60 bits per heavy atom.